The van der Waals surface area contributed by atoms with Crippen LogP contribution in [0, 0.1) is 0 Å². The quantitative estimate of drug-likeness (QED) is 0.460. The van der Waals surface area contributed by atoms with Crippen molar-refractivity contribution in [3.05, 3.63) is 0 Å². The van der Waals surface area contributed by atoms with Gasteiger partial charge in [-0.1, -0.05) is 0 Å². The average Bonchev–Trinajstić information content (AvgIpc) is 2.97. The van der Waals surface area contributed by atoms with Gasteiger partial charge in [-0.15, -0.1) is 0 Å². The molecule has 0 radical (unpaired) electrons. The van der Waals surface area contributed by atoms with Gasteiger partial charge in [0, 0.05) is 12.8 Å². The van der Waals surface area contributed by atoms with Gasteiger partial charge >= 0.3 is 0 Å². The lowest BCUT2D eigenvalue weighted by Gasteiger charge is -2.54. The van der Waals surface area contributed by atoms with E-state index in [9.17, 15) is 20.4 Å². The summed E-state index contributed by atoms with van der Waals surface area (Å²) in [5, 5.41) is 42.2. The Labute approximate surface area is 135 Å². The molecule has 132 valence electrons. The molecule has 4 aliphatic rings. The molecule has 8 atom stereocenters. The van der Waals surface area contributed by atoms with Gasteiger partial charge in [0.2, 0.25) is 0 Å². The lowest BCUT2D eigenvalue weighted by Crippen LogP contribution is -2.73. The second kappa shape index (κ2) is 4.27. The van der Waals surface area contributed by atoms with Crippen molar-refractivity contribution in [3.8, 4) is 0 Å². The van der Waals surface area contributed by atoms with Gasteiger partial charge in [0.15, 0.2) is 0 Å². The maximum atomic E-state index is 11.0. The lowest BCUT2D eigenvalue weighted by molar-refractivity contribution is -0.308. The minimum Gasteiger partial charge on any atom is -0.390 e. The first-order valence-corrected chi connectivity index (χ1v) is 8.24. The minimum atomic E-state index is -1.63. The van der Waals surface area contributed by atoms with E-state index in [2.05, 4.69) is 0 Å². The molecule has 4 fully saturated rings. The fourth-order valence-electron chi connectivity index (χ4n) is 4.47. The largest absolute Gasteiger partial charge is 0.390 e. The van der Waals surface area contributed by atoms with E-state index in [0.29, 0.717) is 6.42 Å². The Bertz CT molecular complexity index is 529. The van der Waals surface area contributed by atoms with E-state index in [4.69, 9.17) is 14.2 Å². The van der Waals surface area contributed by atoms with E-state index >= 15 is 0 Å². The summed E-state index contributed by atoms with van der Waals surface area (Å²) in [7, 11) is 0. The summed E-state index contributed by atoms with van der Waals surface area (Å²) in [6.07, 6.45) is -4.04. The zero-order valence-electron chi connectivity index (χ0n) is 13.9. The molecule has 1 saturated carbocycles. The van der Waals surface area contributed by atoms with E-state index in [1.807, 2.05) is 0 Å². The molecule has 23 heavy (non-hydrogen) atoms. The molecule has 1 aliphatic carbocycles. The maximum Gasteiger partial charge on any atom is 0.129 e. The van der Waals surface area contributed by atoms with Gasteiger partial charge in [-0.25, -0.2) is 0 Å². The van der Waals surface area contributed by atoms with Crippen molar-refractivity contribution < 1.29 is 34.6 Å². The van der Waals surface area contributed by atoms with Crippen LogP contribution in [0.1, 0.15) is 40.5 Å². The fraction of sp³-hybridized carbons (Fsp3) is 1.00. The van der Waals surface area contributed by atoms with Gasteiger partial charge in [0.25, 0.3) is 0 Å². The third kappa shape index (κ3) is 1.96. The Morgan fingerprint density at radius 3 is 2.26 bits per heavy atom. The zero-order chi connectivity index (χ0) is 17.0. The smallest absolute Gasteiger partial charge is 0.129 e. The van der Waals surface area contributed by atoms with Crippen LogP contribution in [0.4, 0.5) is 0 Å². The number of aliphatic hydroxyl groups excluding tert-OH is 2. The molecule has 3 heterocycles. The molecule has 0 aromatic rings. The van der Waals surface area contributed by atoms with Crippen molar-refractivity contribution in [2.24, 2.45) is 0 Å². The Balaban J connectivity index is 1.71. The molecule has 0 aromatic heterocycles. The number of ether oxygens (including phenoxy) is 3. The summed E-state index contributed by atoms with van der Waals surface area (Å²) in [5.74, 6) is 0. The zero-order valence-corrected chi connectivity index (χ0v) is 13.9. The van der Waals surface area contributed by atoms with E-state index in [-0.39, 0.29) is 6.42 Å². The van der Waals surface area contributed by atoms with Crippen LogP contribution in [-0.4, -0.2) is 79.5 Å². The number of hydrogen-bond donors (Lipinski definition) is 4. The summed E-state index contributed by atoms with van der Waals surface area (Å²) in [6.45, 7) is 6.83. The Morgan fingerprint density at radius 1 is 1.00 bits per heavy atom. The average molecular weight is 330 g/mol. The Morgan fingerprint density at radius 2 is 1.65 bits per heavy atom. The van der Waals surface area contributed by atoms with Gasteiger partial charge in [-0.05, 0) is 27.7 Å². The van der Waals surface area contributed by atoms with Crippen LogP contribution in [-0.2, 0) is 14.2 Å². The first-order chi connectivity index (χ1) is 10.4. The highest BCUT2D eigenvalue weighted by molar-refractivity contribution is 5.29. The molecular formula is C16H26O7. The molecule has 0 aromatic carbocycles. The van der Waals surface area contributed by atoms with Crippen LogP contribution in [0.2, 0.25) is 0 Å². The minimum absolute atomic E-state index is 0.00514. The molecule has 3 aliphatic heterocycles. The van der Waals surface area contributed by atoms with Gasteiger partial charge in [-0.3, -0.25) is 0 Å². The lowest BCUT2D eigenvalue weighted by atomic mass is 9.66. The van der Waals surface area contributed by atoms with Crippen molar-refractivity contribution in [1.29, 1.82) is 0 Å². The molecule has 8 unspecified atom stereocenters. The molecule has 0 amide bonds. The van der Waals surface area contributed by atoms with Gasteiger partial charge in [0.1, 0.15) is 35.6 Å². The van der Waals surface area contributed by atoms with Crippen LogP contribution in [0.15, 0.2) is 0 Å². The molecule has 1 spiro atoms. The van der Waals surface area contributed by atoms with Gasteiger partial charge in [-0.2, -0.15) is 0 Å². The highest BCUT2D eigenvalue weighted by Gasteiger charge is 2.81. The third-order valence-electron chi connectivity index (χ3n) is 6.18. The normalized spacial score (nSPS) is 57.4. The molecule has 4 rings (SSSR count). The number of aliphatic hydroxyl groups is 4. The van der Waals surface area contributed by atoms with Crippen LogP contribution >= 0.6 is 0 Å². The fourth-order valence-corrected chi connectivity index (χ4v) is 4.47. The second-order valence-corrected chi connectivity index (χ2v) is 8.69. The summed E-state index contributed by atoms with van der Waals surface area (Å²) in [4.78, 5) is 0. The van der Waals surface area contributed by atoms with E-state index in [1.54, 1.807) is 27.7 Å². The number of hydrogen-bond acceptors (Lipinski definition) is 7. The van der Waals surface area contributed by atoms with E-state index in [1.165, 1.54) is 0 Å². The Kier molecular flexibility index (Phi) is 3.01. The SMILES string of the molecule is CC(C)(O)C1CC23OC2C(O)C2(O)CC(O)C(C)(C)OC2C3O1. The summed E-state index contributed by atoms with van der Waals surface area (Å²) in [5.41, 5.74) is -4.27. The highest BCUT2D eigenvalue weighted by Crippen LogP contribution is 2.62. The van der Waals surface area contributed by atoms with Gasteiger partial charge in [0.05, 0.1) is 23.4 Å². The standard InChI is InChI=1S/C16H26O7/c1-13(2,19)8-6-16-10(23-16)9(18)15(20)5-7(17)14(3,4)22-11(15)12(16)21-8/h7-12,17-20H,5-6H2,1-4H3. The second-order valence-electron chi connectivity index (χ2n) is 8.69. The summed E-state index contributed by atoms with van der Waals surface area (Å²) >= 11 is 0. The van der Waals surface area contributed by atoms with Crippen molar-refractivity contribution in [2.45, 2.75) is 99.6 Å². The van der Waals surface area contributed by atoms with Crippen molar-refractivity contribution in [3.63, 3.8) is 0 Å². The first kappa shape index (κ1) is 16.2. The molecule has 7 nitrogen and oxygen atoms in total. The highest BCUT2D eigenvalue weighted by atomic mass is 16.7. The topological polar surface area (TPSA) is 112 Å². The van der Waals surface area contributed by atoms with Crippen molar-refractivity contribution in [2.75, 3.05) is 0 Å². The first-order valence-electron chi connectivity index (χ1n) is 8.24. The molecule has 3 saturated heterocycles. The maximum absolute atomic E-state index is 11.0. The van der Waals surface area contributed by atoms with Gasteiger partial charge < -0.3 is 34.6 Å². The predicted octanol–water partition coefficient (Wildman–Crippen LogP) is -0.914. The van der Waals surface area contributed by atoms with E-state index in [0.717, 1.165) is 0 Å². The number of epoxide rings is 1. The van der Waals surface area contributed by atoms with E-state index < -0.39 is 59.0 Å². The van der Waals surface area contributed by atoms with Crippen LogP contribution < -0.4 is 0 Å². The third-order valence-corrected chi connectivity index (χ3v) is 6.18. The molecule has 0 bridgehead atoms. The molecule has 4 N–H and O–H groups in total. The number of fused-ring (bicyclic) bond motifs is 2. The Hall–Kier alpha value is -0.280. The van der Waals surface area contributed by atoms with Crippen molar-refractivity contribution >= 4 is 0 Å². The van der Waals surface area contributed by atoms with Crippen LogP contribution in [0.25, 0.3) is 0 Å². The van der Waals surface area contributed by atoms with Crippen LogP contribution in [0.5, 0.6) is 0 Å². The van der Waals surface area contributed by atoms with Crippen LogP contribution in [0.3, 0.4) is 0 Å². The number of rotatable bonds is 1. The monoisotopic (exact) mass is 330 g/mol. The molecular weight excluding hydrogens is 304 g/mol. The predicted molar refractivity (Wildman–Crippen MR) is 77.7 cm³/mol. The summed E-state index contributed by atoms with van der Waals surface area (Å²) < 4.78 is 17.8. The van der Waals surface area contributed by atoms with Crippen molar-refractivity contribution in [1.82, 2.24) is 0 Å². The molecule has 7 heteroatoms. The summed E-state index contributed by atoms with van der Waals surface area (Å²) in [6, 6.07) is 0.